The lowest BCUT2D eigenvalue weighted by Gasteiger charge is -2.33. The molecule has 1 aliphatic heterocycles. The maximum absolute atomic E-state index is 13.8. The highest BCUT2D eigenvalue weighted by atomic mass is 16.5. The number of hydrogen-bond acceptors (Lipinski definition) is 10. The second-order valence-corrected chi connectivity index (χ2v) is 15.2. The quantitative estimate of drug-likeness (QED) is 0.0907. The Morgan fingerprint density at radius 3 is 2.14 bits per heavy atom. The van der Waals surface area contributed by atoms with Gasteiger partial charge in [-0.3, -0.25) is 9.59 Å². The standard InChI is InChI=1S/C42H53N9O7/c1-9-18-50(39(52)33(23(2)3)48-41(54)56-7)25(6)37-43-21-31(47-37)29-17-16-28(36-35(29)45-22-58-36)26-12-14-27(15-13-26)30-20-44-38(46-30)32-11-10-19-51(32)40(53)34(24(4)5)49-42(55)57-8/h12-17,20-25,32-34H,9-11,18-19H2,1-8H3,(H,43,47)(H,44,46)(H,48,54)(H,49,55). The maximum atomic E-state index is 13.8. The third-order valence-corrected chi connectivity index (χ3v) is 10.7. The number of nitrogens with zero attached hydrogens (tertiary/aromatic N) is 5. The minimum absolute atomic E-state index is 0.122. The van der Waals surface area contributed by atoms with E-state index in [2.05, 4.69) is 35.6 Å². The number of imidazole rings is 2. The summed E-state index contributed by atoms with van der Waals surface area (Å²) in [4.78, 5) is 75.7. The van der Waals surface area contributed by atoms with Gasteiger partial charge in [-0.15, -0.1) is 0 Å². The van der Waals surface area contributed by atoms with Crippen molar-refractivity contribution in [1.29, 1.82) is 0 Å². The van der Waals surface area contributed by atoms with E-state index < -0.39 is 30.3 Å². The van der Waals surface area contributed by atoms with Gasteiger partial charge < -0.3 is 44.3 Å². The van der Waals surface area contributed by atoms with Gasteiger partial charge in [0.1, 0.15) is 29.2 Å². The number of fused-ring (bicyclic) bond motifs is 1. The van der Waals surface area contributed by atoms with Crippen LogP contribution in [0.25, 0.3) is 44.7 Å². The number of aromatic amines is 2. The first-order valence-corrected chi connectivity index (χ1v) is 19.7. The summed E-state index contributed by atoms with van der Waals surface area (Å²) >= 11 is 0. The number of likely N-dealkylation sites (tertiary alicyclic amines) is 1. The molecule has 2 aromatic carbocycles. The van der Waals surface area contributed by atoms with Crippen LogP contribution < -0.4 is 10.6 Å². The van der Waals surface area contributed by atoms with Gasteiger partial charge in [0.2, 0.25) is 11.8 Å². The number of amides is 4. The molecule has 4 atom stereocenters. The number of H-pyrrole nitrogens is 2. The molecule has 5 aromatic rings. The van der Waals surface area contributed by atoms with Crippen molar-refractivity contribution < 1.29 is 33.1 Å². The summed E-state index contributed by atoms with van der Waals surface area (Å²) in [5.74, 6) is 0.637. The molecule has 16 nitrogen and oxygen atoms in total. The van der Waals surface area contributed by atoms with E-state index in [1.54, 1.807) is 22.2 Å². The smallest absolute Gasteiger partial charge is 0.407 e. The third kappa shape index (κ3) is 8.55. The molecule has 1 aliphatic rings. The van der Waals surface area contributed by atoms with Crippen molar-refractivity contribution in [2.75, 3.05) is 27.3 Å². The molecule has 4 N–H and O–H groups in total. The predicted octanol–water partition coefficient (Wildman–Crippen LogP) is 7.00. The number of carbonyl (C=O) groups excluding carboxylic acids is 4. The second-order valence-electron chi connectivity index (χ2n) is 15.2. The molecule has 1 saturated heterocycles. The number of alkyl carbamates (subject to hydrolysis) is 2. The van der Waals surface area contributed by atoms with Crippen LogP contribution in [0.15, 0.2) is 59.6 Å². The fourth-order valence-electron chi connectivity index (χ4n) is 7.52. The molecule has 6 rings (SSSR count). The zero-order chi connectivity index (χ0) is 41.7. The first-order chi connectivity index (χ1) is 27.9. The molecule has 4 unspecified atom stereocenters. The van der Waals surface area contributed by atoms with E-state index in [0.29, 0.717) is 35.8 Å². The van der Waals surface area contributed by atoms with Crippen LogP contribution >= 0.6 is 0 Å². The lowest BCUT2D eigenvalue weighted by molar-refractivity contribution is -0.137. The van der Waals surface area contributed by atoms with Crippen molar-refractivity contribution in [2.24, 2.45) is 11.8 Å². The minimum atomic E-state index is -0.758. The van der Waals surface area contributed by atoms with Crippen LogP contribution in [-0.2, 0) is 19.1 Å². The SMILES string of the molecule is CCCN(C(=O)C(NC(=O)OC)C(C)C)C(C)c1ncc(-c2ccc(-c3ccc(-c4cnc(C5CCCN5C(=O)C(NC(=O)OC)C(C)C)[nH]4)cc3)c3ocnc23)[nH]1. The highest BCUT2D eigenvalue weighted by molar-refractivity contribution is 5.99. The monoisotopic (exact) mass is 795 g/mol. The van der Waals surface area contributed by atoms with Crippen LogP contribution in [0.2, 0.25) is 0 Å². The highest BCUT2D eigenvalue weighted by Gasteiger charge is 2.38. The summed E-state index contributed by atoms with van der Waals surface area (Å²) in [6.45, 7) is 12.5. The number of oxazole rings is 1. The number of methoxy groups -OCH3 is 2. The molecule has 3 aromatic heterocycles. The Morgan fingerprint density at radius 1 is 0.845 bits per heavy atom. The molecule has 308 valence electrons. The summed E-state index contributed by atoms with van der Waals surface area (Å²) in [5.41, 5.74) is 6.31. The highest BCUT2D eigenvalue weighted by Crippen LogP contribution is 2.37. The van der Waals surface area contributed by atoms with E-state index in [0.717, 1.165) is 52.9 Å². The second kappa shape index (κ2) is 17.9. The minimum Gasteiger partial charge on any atom is -0.453 e. The van der Waals surface area contributed by atoms with E-state index in [1.807, 2.05) is 77.9 Å². The third-order valence-electron chi connectivity index (χ3n) is 10.7. The summed E-state index contributed by atoms with van der Waals surface area (Å²) in [6, 6.07) is 9.88. The average Bonchev–Trinajstić information content (AvgIpc) is 4.07. The molecular weight excluding hydrogens is 743 g/mol. The number of benzene rings is 2. The lowest BCUT2D eigenvalue weighted by atomic mass is 9.99. The molecule has 0 spiro atoms. The molecule has 0 aliphatic carbocycles. The Labute approximate surface area is 337 Å². The topological polar surface area (TPSA) is 201 Å². The Bertz CT molecular complexity index is 2220. The zero-order valence-electron chi connectivity index (χ0n) is 34.3. The van der Waals surface area contributed by atoms with Gasteiger partial charge in [-0.2, -0.15) is 0 Å². The van der Waals surface area contributed by atoms with E-state index in [9.17, 15) is 19.2 Å². The fourth-order valence-corrected chi connectivity index (χ4v) is 7.52. The Hall–Kier alpha value is -6.19. The Kier molecular flexibility index (Phi) is 12.8. The number of aromatic nitrogens is 5. The molecule has 1 fully saturated rings. The molecular formula is C42H53N9O7. The van der Waals surface area contributed by atoms with Gasteiger partial charge in [-0.1, -0.05) is 58.9 Å². The number of ether oxygens (including phenoxy) is 2. The lowest BCUT2D eigenvalue weighted by Crippen LogP contribution is -2.52. The average molecular weight is 796 g/mol. The van der Waals surface area contributed by atoms with Crippen molar-refractivity contribution in [2.45, 2.75) is 85.0 Å². The number of hydrogen-bond donors (Lipinski definition) is 4. The summed E-state index contributed by atoms with van der Waals surface area (Å²) in [5, 5.41) is 5.38. The summed E-state index contributed by atoms with van der Waals surface area (Å²) in [6.07, 6.45) is 5.94. The van der Waals surface area contributed by atoms with Crippen molar-refractivity contribution in [1.82, 2.24) is 45.4 Å². The van der Waals surface area contributed by atoms with Crippen molar-refractivity contribution >= 4 is 35.1 Å². The van der Waals surface area contributed by atoms with E-state index in [1.165, 1.54) is 20.6 Å². The molecule has 0 saturated carbocycles. The molecule has 0 radical (unpaired) electrons. The summed E-state index contributed by atoms with van der Waals surface area (Å²) < 4.78 is 15.5. The maximum Gasteiger partial charge on any atom is 0.407 e. The molecule has 58 heavy (non-hydrogen) atoms. The van der Waals surface area contributed by atoms with Crippen LogP contribution in [0.1, 0.15) is 84.5 Å². The van der Waals surface area contributed by atoms with Gasteiger partial charge in [0.25, 0.3) is 0 Å². The van der Waals surface area contributed by atoms with Gasteiger partial charge in [0.15, 0.2) is 12.0 Å². The zero-order valence-corrected chi connectivity index (χ0v) is 34.3. The largest absolute Gasteiger partial charge is 0.453 e. The fraction of sp³-hybridized carbons (Fsp3) is 0.452. The normalized spacial score (nSPS) is 15.7. The van der Waals surface area contributed by atoms with Crippen LogP contribution in [0.4, 0.5) is 9.59 Å². The van der Waals surface area contributed by atoms with Crippen molar-refractivity contribution in [3.05, 3.63) is 66.8 Å². The van der Waals surface area contributed by atoms with E-state index in [-0.39, 0.29) is 29.7 Å². The van der Waals surface area contributed by atoms with Crippen molar-refractivity contribution in [3.8, 4) is 33.6 Å². The van der Waals surface area contributed by atoms with Crippen LogP contribution in [0.5, 0.6) is 0 Å². The van der Waals surface area contributed by atoms with Gasteiger partial charge in [-0.05, 0) is 61.3 Å². The van der Waals surface area contributed by atoms with Gasteiger partial charge in [-0.25, -0.2) is 24.5 Å². The predicted molar refractivity (Wildman–Crippen MR) is 217 cm³/mol. The molecule has 4 heterocycles. The molecule has 4 amide bonds. The van der Waals surface area contributed by atoms with Crippen LogP contribution in [-0.4, -0.2) is 98.1 Å². The van der Waals surface area contributed by atoms with E-state index >= 15 is 0 Å². The molecule has 0 bridgehead atoms. The Morgan fingerprint density at radius 2 is 1.48 bits per heavy atom. The number of carbonyl (C=O) groups is 4. The van der Waals surface area contributed by atoms with E-state index in [4.69, 9.17) is 13.9 Å². The molecule has 16 heteroatoms. The van der Waals surface area contributed by atoms with Gasteiger partial charge >= 0.3 is 12.2 Å². The number of nitrogens with one attached hydrogen (secondary N) is 4. The Balaban J connectivity index is 1.19. The van der Waals surface area contributed by atoms with Gasteiger partial charge in [0, 0.05) is 24.2 Å². The van der Waals surface area contributed by atoms with Crippen LogP contribution in [0, 0.1) is 11.8 Å². The van der Waals surface area contributed by atoms with Gasteiger partial charge in [0.05, 0.1) is 50.1 Å². The number of rotatable bonds is 14. The first-order valence-electron chi connectivity index (χ1n) is 19.7. The summed E-state index contributed by atoms with van der Waals surface area (Å²) in [7, 11) is 2.56. The van der Waals surface area contributed by atoms with Crippen LogP contribution in [0.3, 0.4) is 0 Å². The van der Waals surface area contributed by atoms with Crippen molar-refractivity contribution in [3.63, 3.8) is 0 Å². The first kappa shape index (κ1) is 41.4.